The zero-order valence-electron chi connectivity index (χ0n) is 13.4. The van der Waals surface area contributed by atoms with Gasteiger partial charge in [0.05, 0.1) is 5.69 Å². The second kappa shape index (κ2) is 7.76. The van der Waals surface area contributed by atoms with Gasteiger partial charge in [0, 0.05) is 5.02 Å². The molecule has 0 radical (unpaired) electrons. The van der Waals surface area contributed by atoms with Gasteiger partial charge in [-0.25, -0.2) is 4.79 Å². The number of benzene rings is 2. The lowest BCUT2D eigenvalue weighted by Crippen LogP contribution is -2.26. The first-order chi connectivity index (χ1) is 12.1. The molecule has 128 valence electrons. The Kier molecular flexibility index (Phi) is 5.25. The summed E-state index contributed by atoms with van der Waals surface area (Å²) in [5, 5.41) is 11.9. The molecule has 3 aromatic rings. The molecule has 25 heavy (non-hydrogen) atoms. The molecule has 0 saturated heterocycles. The van der Waals surface area contributed by atoms with Gasteiger partial charge in [0.15, 0.2) is 18.5 Å². The lowest BCUT2D eigenvalue weighted by molar-refractivity contribution is -0.152. The van der Waals surface area contributed by atoms with Crippen molar-refractivity contribution in [1.82, 2.24) is 20.2 Å². The number of ether oxygens (including phenoxy) is 2. The quantitative estimate of drug-likeness (QED) is 0.630. The van der Waals surface area contributed by atoms with E-state index in [2.05, 4.69) is 15.5 Å². The van der Waals surface area contributed by atoms with Gasteiger partial charge in [-0.3, -0.25) is 0 Å². The Morgan fingerprint density at radius 2 is 2.00 bits per heavy atom. The SMILES string of the molecule is CC(Oc1cccc(Cl)c1)C(=O)OCc1nnnn1-c1ccccc1. The fraction of sp³-hybridized carbons (Fsp3) is 0.176. The van der Waals surface area contributed by atoms with Crippen molar-refractivity contribution >= 4 is 17.6 Å². The molecule has 0 fully saturated rings. The zero-order chi connectivity index (χ0) is 17.6. The van der Waals surface area contributed by atoms with Crippen LogP contribution in [0.2, 0.25) is 5.02 Å². The van der Waals surface area contributed by atoms with Crippen LogP contribution < -0.4 is 4.74 Å². The lowest BCUT2D eigenvalue weighted by Gasteiger charge is -2.14. The molecule has 0 aliphatic rings. The minimum Gasteiger partial charge on any atom is -0.479 e. The molecule has 1 heterocycles. The van der Waals surface area contributed by atoms with E-state index in [1.165, 1.54) is 4.68 Å². The van der Waals surface area contributed by atoms with E-state index in [-0.39, 0.29) is 6.61 Å². The van der Waals surface area contributed by atoms with Crippen LogP contribution >= 0.6 is 11.6 Å². The minimum atomic E-state index is -0.792. The van der Waals surface area contributed by atoms with E-state index >= 15 is 0 Å². The maximum absolute atomic E-state index is 12.1. The van der Waals surface area contributed by atoms with Gasteiger partial charge in [0.2, 0.25) is 0 Å². The highest BCUT2D eigenvalue weighted by Gasteiger charge is 2.18. The van der Waals surface area contributed by atoms with Gasteiger partial charge in [-0.05, 0) is 47.7 Å². The first-order valence-corrected chi connectivity index (χ1v) is 7.93. The van der Waals surface area contributed by atoms with Gasteiger partial charge in [-0.15, -0.1) is 5.10 Å². The van der Waals surface area contributed by atoms with Gasteiger partial charge in [0.1, 0.15) is 5.75 Å². The van der Waals surface area contributed by atoms with Crippen LogP contribution in [0, 0.1) is 0 Å². The maximum atomic E-state index is 12.1. The molecule has 0 amide bonds. The Morgan fingerprint density at radius 1 is 1.20 bits per heavy atom. The van der Waals surface area contributed by atoms with Crippen molar-refractivity contribution in [3.63, 3.8) is 0 Å². The Hall–Kier alpha value is -2.93. The summed E-state index contributed by atoms with van der Waals surface area (Å²) in [5.41, 5.74) is 0.779. The number of rotatable bonds is 6. The summed E-state index contributed by atoms with van der Waals surface area (Å²) in [4.78, 5) is 12.1. The largest absolute Gasteiger partial charge is 0.479 e. The Bertz CT molecular complexity index is 854. The summed E-state index contributed by atoms with van der Waals surface area (Å²) in [5.74, 6) is 0.378. The van der Waals surface area contributed by atoms with E-state index in [1.54, 1.807) is 31.2 Å². The van der Waals surface area contributed by atoms with Gasteiger partial charge in [-0.1, -0.05) is 35.9 Å². The summed E-state index contributed by atoms with van der Waals surface area (Å²) < 4.78 is 12.3. The number of para-hydroxylation sites is 1. The Labute approximate surface area is 149 Å². The molecule has 1 aromatic heterocycles. The molecular formula is C17H15ClN4O3. The number of tetrazole rings is 1. The average Bonchev–Trinajstić information content (AvgIpc) is 3.09. The maximum Gasteiger partial charge on any atom is 0.347 e. The van der Waals surface area contributed by atoms with Crippen LogP contribution in [-0.2, 0) is 16.1 Å². The highest BCUT2D eigenvalue weighted by atomic mass is 35.5. The summed E-state index contributed by atoms with van der Waals surface area (Å²) in [7, 11) is 0. The number of carbonyl (C=O) groups excluding carboxylic acids is 1. The fourth-order valence-corrected chi connectivity index (χ4v) is 2.29. The summed E-state index contributed by atoms with van der Waals surface area (Å²) in [6, 6.07) is 16.1. The Morgan fingerprint density at radius 3 is 2.76 bits per heavy atom. The Balaban J connectivity index is 1.60. The zero-order valence-corrected chi connectivity index (χ0v) is 14.1. The third kappa shape index (κ3) is 4.33. The van der Waals surface area contributed by atoms with E-state index < -0.39 is 12.1 Å². The van der Waals surface area contributed by atoms with Crippen LogP contribution in [-0.4, -0.2) is 32.3 Å². The number of nitrogens with zero attached hydrogens (tertiary/aromatic N) is 4. The van der Waals surface area contributed by atoms with Crippen LogP contribution in [0.4, 0.5) is 0 Å². The third-order valence-corrected chi connectivity index (χ3v) is 3.55. The number of hydrogen-bond acceptors (Lipinski definition) is 6. The van der Waals surface area contributed by atoms with E-state index in [0.717, 1.165) is 5.69 Å². The highest BCUT2D eigenvalue weighted by molar-refractivity contribution is 6.30. The summed E-state index contributed by atoms with van der Waals surface area (Å²) >= 11 is 5.89. The standard InChI is InChI=1S/C17H15ClN4O3/c1-12(25-15-9-5-6-13(18)10-15)17(23)24-11-16-19-20-21-22(16)14-7-3-2-4-8-14/h2-10,12H,11H2,1H3. The number of halogens is 1. The van der Waals surface area contributed by atoms with E-state index in [4.69, 9.17) is 21.1 Å². The van der Waals surface area contributed by atoms with Gasteiger partial charge < -0.3 is 9.47 Å². The van der Waals surface area contributed by atoms with Gasteiger partial charge in [0.25, 0.3) is 0 Å². The molecule has 0 bridgehead atoms. The molecule has 2 aromatic carbocycles. The monoisotopic (exact) mass is 358 g/mol. The molecular weight excluding hydrogens is 344 g/mol. The summed E-state index contributed by atoms with van der Waals surface area (Å²) in [6.07, 6.45) is -0.792. The third-order valence-electron chi connectivity index (χ3n) is 3.32. The summed E-state index contributed by atoms with van der Waals surface area (Å²) in [6.45, 7) is 1.54. The van der Waals surface area contributed by atoms with Crippen LogP contribution in [0.15, 0.2) is 54.6 Å². The molecule has 1 atom stereocenters. The van der Waals surface area contributed by atoms with Crippen molar-refractivity contribution in [2.45, 2.75) is 19.6 Å². The van der Waals surface area contributed by atoms with Crippen LogP contribution in [0.1, 0.15) is 12.7 Å². The van der Waals surface area contributed by atoms with Crippen molar-refractivity contribution in [1.29, 1.82) is 0 Å². The first-order valence-electron chi connectivity index (χ1n) is 7.55. The second-order valence-corrected chi connectivity index (χ2v) is 5.60. The molecule has 0 aliphatic heterocycles. The number of carbonyl (C=O) groups is 1. The molecule has 1 unspecified atom stereocenters. The topological polar surface area (TPSA) is 79.1 Å². The molecule has 0 saturated carbocycles. The minimum absolute atomic E-state index is 0.0655. The number of esters is 1. The molecule has 0 aliphatic carbocycles. The predicted molar refractivity (Wildman–Crippen MR) is 90.5 cm³/mol. The van der Waals surface area contributed by atoms with Crippen molar-refractivity contribution in [2.24, 2.45) is 0 Å². The van der Waals surface area contributed by atoms with Crippen LogP contribution in [0.3, 0.4) is 0 Å². The number of aromatic nitrogens is 4. The molecule has 7 nitrogen and oxygen atoms in total. The lowest BCUT2D eigenvalue weighted by atomic mass is 10.3. The van der Waals surface area contributed by atoms with Crippen molar-refractivity contribution in [3.05, 3.63) is 65.4 Å². The predicted octanol–water partition coefficient (Wildman–Crippen LogP) is 2.83. The van der Waals surface area contributed by atoms with Crippen molar-refractivity contribution in [3.8, 4) is 11.4 Å². The van der Waals surface area contributed by atoms with Crippen LogP contribution in [0.25, 0.3) is 5.69 Å². The van der Waals surface area contributed by atoms with E-state index in [1.807, 2.05) is 30.3 Å². The molecule has 0 N–H and O–H groups in total. The molecule has 0 spiro atoms. The van der Waals surface area contributed by atoms with Crippen LogP contribution in [0.5, 0.6) is 5.75 Å². The van der Waals surface area contributed by atoms with E-state index in [9.17, 15) is 4.79 Å². The first kappa shape index (κ1) is 16.9. The van der Waals surface area contributed by atoms with Crippen molar-refractivity contribution in [2.75, 3.05) is 0 Å². The highest BCUT2D eigenvalue weighted by Crippen LogP contribution is 2.18. The van der Waals surface area contributed by atoms with E-state index in [0.29, 0.717) is 16.6 Å². The molecule has 8 heteroatoms. The molecule has 3 rings (SSSR count). The normalized spacial score (nSPS) is 11.8. The van der Waals surface area contributed by atoms with Gasteiger partial charge >= 0.3 is 5.97 Å². The van der Waals surface area contributed by atoms with Gasteiger partial charge in [-0.2, -0.15) is 4.68 Å². The average molecular weight is 359 g/mol. The number of hydrogen-bond donors (Lipinski definition) is 0. The van der Waals surface area contributed by atoms with Crippen molar-refractivity contribution < 1.29 is 14.3 Å². The smallest absolute Gasteiger partial charge is 0.347 e. The fourth-order valence-electron chi connectivity index (χ4n) is 2.11. The second-order valence-electron chi connectivity index (χ2n) is 5.17.